The second kappa shape index (κ2) is 6.52. The third-order valence-electron chi connectivity index (χ3n) is 2.67. The van der Waals surface area contributed by atoms with Crippen LogP contribution in [0.2, 0.25) is 0 Å². The van der Waals surface area contributed by atoms with Crippen LogP contribution in [0.15, 0.2) is 54.6 Å². The normalized spacial score (nSPS) is 10.6. The van der Waals surface area contributed by atoms with Crippen LogP contribution >= 0.6 is 22.6 Å². The number of rotatable bonds is 4. The summed E-state index contributed by atoms with van der Waals surface area (Å²) in [5.74, 6) is 0.813. The predicted octanol–water partition coefficient (Wildman–Crippen LogP) is 4.20. The van der Waals surface area contributed by atoms with Crippen LogP contribution in [-0.4, -0.2) is 12.9 Å². The van der Waals surface area contributed by atoms with Gasteiger partial charge in [-0.05, 0) is 58.5 Å². The fourth-order valence-electron chi connectivity index (χ4n) is 1.60. The first-order chi connectivity index (χ1) is 9.19. The van der Waals surface area contributed by atoms with E-state index in [1.165, 1.54) is 0 Å². The molecule has 0 heterocycles. The van der Waals surface area contributed by atoms with Gasteiger partial charge >= 0.3 is 0 Å². The van der Waals surface area contributed by atoms with E-state index in [2.05, 4.69) is 22.6 Å². The molecule has 96 valence electrons. The number of hydrogen-bond donors (Lipinski definition) is 0. The van der Waals surface area contributed by atoms with Gasteiger partial charge < -0.3 is 4.74 Å². The van der Waals surface area contributed by atoms with Gasteiger partial charge in [-0.2, -0.15) is 0 Å². The highest BCUT2D eigenvalue weighted by atomic mass is 127. The summed E-state index contributed by atoms with van der Waals surface area (Å²) in [5.41, 5.74) is 1.67. The zero-order chi connectivity index (χ0) is 13.7. The molecule has 0 unspecified atom stereocenters. The van der Waals surface area contributed by atoms with Gasteiger partial charge in [0.25, 0.3) is 0 Å². The zero-order valence-corrected chi connectivity index (χ0v) is 12.6. The van der Waals surface area contributed by atoms with E-state index in [0.717, 1.165) is 14.9 Å². The first kappa shape index (κ1) is 13.8. The van der Waals surface area contributed by atoms with E-state index >= 15 is 0 Å². The lowest BCUT2D eigenvalue weighted by molar-refractivity contribution is 0.104. The molecule has 0 saturated heterocycles. The summed E-state index contributed by atoms with van der Waals surface area (Å²) in [5, 5.41) is 0. The standard InChI is InChI=1S/C16H13IO2/c1-19-15-9-2-12(3-10-15)4-11-16(18)13-5-7-14(17)8-6-13/h2-11H,1H3/b11-4+. The van der Waals surface area contributed by atoms with Gasteiger partial charge in [0.2, 0.25) is 0 Å². The number of carbonyl (C=O) groups excluding carboxylic acids is 1. The van der Waals surface area contributed by atoms with Gasteiger partial charge in [0.05, 0.1) is 7.11 Å². The predicted molar refractivity (Wildman–Crippen MR) is 85.5 cm³/mol. The molecule has 0 atom stereocenters. The zero-order valence-electron chi connectivity index (χ0n) is 10.5. The maximum absolute atomic E-state index is 11.9. The third-order valence-corrected chi connectivity index (χ3v) is 3.39. The molecule has 0 fully saturated rings. The minimum atomic E-state index is 0.00668. The molecule has 2 rings (SSSR count). The first-order valence-electron chi connectivity index (χ1n) is 5.81. The first-order valence-corrected chi connectivity index (χ1v) is 6.89. The van der Waals surface area contributed by atoms with Crippen molar-refractivity contribution in [2.45, 2.75) is 0 Å². The fourth-order valence-corrected chi connectivity index (χ4v) is 1.96. The number of methoxy groups -OCH3 is 1. The number of halogens is 1. The summed E-state index contributed by atoms with van der Waals surface area (Å²) in [4.78, 5) is 11.9. The molecule has 0 radical (unpaired) electrons. The highest BCUT2D eigenvalue weighted by Gasteiger charge is 2.00. The Balaban J connectivity index is 2.08. The van der Waals surface area contributed by atoms with E-state index in [0.29, 0.717) is 5.56 Å². The van der Waals surface area contributed by atoms with Crippen LogP contribution in [0, 0.1) is 3.57 Å². The van der Waals surface area contributed by atoms with Crippen LogP contribution in [0.25, 0.3) is 6.08 Å². The van der Waals surface area contributed by atoms with Crippen LogP contribution in [0.3, 0.4) is 0 Å². The Morgan fingerprint density at radius 2 is 1.68 bits per heavy atom. The van der Waals surface area contributed by atoms with Crippen molar-refractivity contribution in [1.82, 2.24) is 0 Å². The Morgan fingerprint density at radius 1 is 1.05 bits per heavy atom. The number of hydrogen-bond acceptors (Lipinski definition) is 2. The van der Waals surface area contributed by atoms with Crippen molar-refractivity contribution in [1.29, 1.82) is 0 Å². The molecule has 3 heteroatoms. The third kappa shape index (κ3) is 3.92. The van der Waals surface area contributed by atoms with Crippen LogP contribution in [-0.2, 0) is 0 Å². The molecule has 0 aliphatic rings. The van der Waals surface area contributed by atoms with Gasteiger partial charge in [-0.15, -0.1) is 0 Å². The summed E-state index contributed by atoms with van der Waals surface area (Å²) in [6.07, 6.45) is 3.39. The monoisotopic (exact) mass is 364 g/mol. The summed E-state index contributed by atoms with van der Waals surface area (Å²) in [6, 6.07) is 15.1. The van der Waals surface area contributed by atoms with E-state index in [9.17, 15) is 4.79 Å². The van der Waals surface area contributed by atoms with Crippen molar-refractivity contribution in [3.63, 3.8) is 0 Å². The average molecular weight is 364 g/mol. The topological polar surface area (TPSA) is 26.3 Å². The summed E-state index contributed by atoms with van der Waals surface area (Å²) >= 11 is 2.22. The molecule has 0 amide bonds. The smallest absolute Gasteiger partial charge is 0.185 e. The Hall–Kier alpha value is -1.62. The molecule has 2 aromatic carbocycles. The van der Waals surface area contributed by atoms with Gasteiger partial charge in [-0.1, -0.05) is 30.3 Å². The maximum atomic E-state index is 11.9. The molecular formula is C16H13IO2. The van der Waals surface area contributed by atoms with E-state index in [-0.39, 0.29) is 5.78 Å². The second-order valence-corrected chi connectivity index (χ2v) is 5.22. The lowest BCUT2D eigenvalue weighted by Gasteiger charge is -1.99. The summed E-state index contributed by atoms with van der Waals surface area (Å²) in [6.45, 7) is 0. The number of ether oxygens (including phenoxy) is 1. The minimum Gasteiger partial charge on any atom is -0.497 e. The fraction of sp³-hybridized carbons (Fsp3) is 0.0625. The van der Waals surface area contributed by atoms with Crippen molar-refractivity contribution in [2.24, 2.45) is 0 Å². The van der Waals surface area contributed by atoms with E-state index < -0.39 is 0 Å². The molecule has 0 aliphatic carbocycles. The molecule has 2 aromatic rings. The van der Waals surface area contributed by atoms with Gasteiger partial charge in [0, 0.05) is 9.13 Å². The van der Waals surface area contributed by atoms with Crippen LogP contribution in [0.4, 0.5) is 0 Å². The molecule has 19 heavy (non-hydrogen) atoms. The molecule has 0 aliphatic heterocycles. The number of allylic oxidation sites excluding steroid dienone is 1. The molecule has 0 N–H and O–H groups in total. The Kier molecular flexibility index (Phi) is 4.74. The lowest BCUT2D eigenvalue weighted by Crippen LogP contribution is -1.93. The van der Waals surface area contributed by atoms with Crippen molar-refractivity contribution >= 4 is 34.5 Å². The van der Waals surface area contributed by atoms with Gasteiger partial charge in [0.15, 0.2) is 5.78 Å². The Morgan fingerprint density at radius 3 is 2.26 bits per heavy atom. The van der Waals surface area contributed by atoms with Crippen molar-refractivity contribution in [2.75, 3.05) is 7.11 Å². The number of ketones is 1. The van der Waals surface area contributed by atoms with Gasteiger partial charge in [-0.25, -0.2) is 0 Å². The molecule has 0 saturated carbocycles. The Bertz CT molecular complexity index is 583. The molecular weight excluding hydrogens is 351 g/mol. The molecule has 2 nitrogen and oxygen atoms in total. The van der Waals surface area contributed by atoms with Crippen molar-refractivity contribution < 1.29 is 9.53 Å². The van der Waals surface area contributed by atoms with Crippen LogP contribution in [0.1, 0.15) is 15.9 Å². The quantitative estimate of drug-likeness (QED) is 0.462. The molecule has 0 spiro atoms. The van der Waals surface area contributed by atoms with E-state index in [1.54, 1.807) is 19.3 Å². The lowest BCUT2D eigenvalue weighted by atomic mass is 10.1. The van der Waals surface area contributed by atoms with Gasteiger partial charge in [-0.3, -0.25) is 4.79 Å². The average Bonchev–Trinajstić information content (AvgIpc) is 2.46. The summed E-state index contributed by atoms with van der Waals surface area (Å²) < 4.78 is 6.20. The number of carbonyl (C=O) groups is 1. The highest BCUT2D eigenvalue weighted by Crippen LogP contribution is 2.13. The maximum Gasteiger partial charge on any atom is 0.185 e. The van der Waals surface area contributed by atoms with Crippen molar-refractivity contribution in [3.8, 4) is 5.75 Å². The molecule has 0 aromatic heterocycles. The summed E-state index contributed by atoms with van der Waals surface area (Å²) in [7, 11) is 1.63. The number of benzene rings is 2. The van der Waals surface area contributed by atoms with Crippen LogP contribution < -0.4 is 4.74 Å². The largest absolute Gasteiger partial charge is 0.497 e. The van der Waals surface area contributed by atoms with Crippen LogP contribution in [0.5, 0.6) is 5.75 Å². The van der Waals surface area contributed by atoms with E-state index in [1.807, 2.05) is 48.5 Å². The van der Waals surface area contributed by atoms with Gasteiger partial charge in [0.1, 0.15) is 5.75 Å². The highest BCUT2D eigenvalue weighted by molar-refractivity contribution is 14.1. The second-order valence-electron chi connectivity index (χ2n) is 3.98. The van der Waals surface area contributed by atoms with Crippen molar-refractivity contribution in [3.05, 3.63) is 69.3 Å². The van der Waals surface area contributed by atoms with E-state index in [4.69, 9.17) is 4.74 Å². The molecule has 0 bridgehead atoms. The Labute approximate surface area is 126 Å². The SMILES string of the molecule is COc1ccc(/C=C/C(=O)c2ccc(I)cc2)cc1. The minimum absolute atomic E-state index is 0.00668.